The summed E-state index contributed by atoms with van der Waals surface area (Å²) >= 11 is 1.73. The number of benzene rings is 1. The van der Waals surface area contributed by atoms with Crippen molar-refractivity contribution in [3.8, 4) is 11.5 Å². The van der Waals surface area contributed by atoms with E-state index >= 15 is 0 Å². The molecule has 1 atom stereocenters. The highest BCUT2D eigenvalue weighted by Crippen LogP contribution is 2.38. The number of rotatable bonds is 5. The molecule has 0 spiro atoms. The summed E-state index contributed by atoms with van der Waals surface area (Å²) in [6.45, 7) is 5.01. The van der Waals surface area contributed by atoms with Crippen LogP contribution in [0.15, 0.2) is 30.3 Å². The zero-order chi connectivity index (χ0) is 24.2. The number of nitrogens with zero attached hydrogens (tertiary/aromatic N) is 2. The van der Waals surface area contributed by atoms with Gasteiger partial charge in [-0.15, -0.1) is 11.3 Å². The maximum Gasteiger partial charge on any atom is 0.271 e. The Kier molecular flexibility index (Phi) is 5.51. The van der Waals surface area contributed by atoms with Crippen LogP contribution < -0.4 is 14.8 Å². The van der Waals surface area contributed by atoms with Crippen LogP contribution in [0.3, 0.4) is 0 Å². The second-order valence-corrected chi connectivity index (χ2v) is 11.3. The van der Waals surface area contributed by atoms with Gasteiger partial charge in [0.2, 0.25) is 12.7 Å². The summed E-state index contributed by atoms with van der Waals surface area (Å²) in [5, 5.41) is 3.31. The molecule has 0 bridgehead atoms. The monoisotopic (exact) mass is 493 g/mol. The molecule has 1 N–H and O–H groups in total. The smallest absolute Gasteiger partial charge is 0.271 e. The molecule has 0 radical (unpaired) electrons. The van der Waals surface area contributed by atoms with Crippen molar-refractivity contribution in [2.24, 2.45) is 0 Å². The molecular weight excluding hydrogens is 462 g/mol. The fourth-order valence-corrected chi connectivity index (χ4v) is 6.66. The van der Waals surface area contributed by atoms with Crippen molar-refractivity contribution in [3.05, 3.63) is 46.5 Å². The average molecular weight is 494 g/mol. The van der Waals surface area contributed by atoms with Gasteiger partial charge in [-0.3, -0.25) is 9.59 Å². The van der Waals surface area contributed by atoms with Crippen LogP contribution in [0.2, 0.25) is 0 Å². The van der Waals surface area contributed by atoms with Crippen molar-refractivity contribution in [2.75, 3.05) is 6.79 Å². The van der Waals surface area contributed by atoms with Gasteiger partial charge in [0.05, 0.1) is 16.8 Å². The predicted molar refractivity (Wildman–Crippen MR) is 135 cm³/mol. The molecule has 4 heterocycles. The van der Waals surface area contributed by atoms with Gasteiger partial charge in [-0.1, -0.05) is 32.3 Å². The molecule has 2 amide bonds. The van der Waals surface area contributed by atoms with Crippen LogP contribution in [0.5, 0.6) is 11.5 Å². The standard InChI is InChI=1S/C27H31N3O4S/c1-3-19-12-20-24(35-19)13-21-25(31)30(14-17-9-10-22-23(11-17)34-16-33-22)27(2,15-29(20)21)26(32)28-18-7-5-4-6-8-18/h9-13,18H,3-8,14-16H2,1-2H3,(H,28,32)/t27-/m1/s1. The first-order valence-electron chi connectivity index (χ1n) is 12.6. The zero-order valence-corrected chi connectivity index (χ0v) is 21.1. The van der Waals surface area contributed by atoms with Gasteiger partial charge in [0, 0.05) is 17.5 Å². The number of thiophene rings is 1. The van der Waals surface area contributed by atoms with Crippen molar-refractivity contribution >= 4 is 33.4 Å². The van der Waals surface area contributed by atoms with Crippen LogP contribution in [0, 0.1) is 0 Å². The van der Waals surface area contributed by atoms with E-state index in [1.165, 1.54) is 11.3 Å². The van der Waals surface area contributed by atoms with Crippen LogP contribution in [0.25, 0.3) is 10.2 Å². The SMILES string of the molecule is CCc1cc2c(cc3n2C[C@](C)(C(=O)NC2CCCCC2)N(Cc2ccc4c(c2)OCO4)C3=O)s1. The Morgan fingerprint density at radius 3 is 2.74 bits per heavy atom. The number of amides is 2. The Labute approximate surface area is 209 Å². The van der Waals surface area contributed by atoms with Gasteiger partial charge in [-0.2, -0.15) is 0 Å². The van der Waals surface area contributed by atoms with Crippen LogP contribution >= 0.6 is 11.3 Å². The van der Waals surface area contributed by atoms with Crippen LogP contribution in [0.1, 0.15) is 66.9 Å². The lowest BCUT2D eigenvalue weighted by Gasteiger charge is -2.45. The van der Waals surface area contributed by atoms with Crippen molar-refractivity contribution < 1.29 is 19.1 Å². The maximum absolute atomic E-state index is 14.0. The zero-order valence-electron chi connectivity index (χ0n) is 20.3. The number of hydrogen-bond donors (Lipinski definition) is 1. The van der Waals surface area contributed by atoms with Crippen molar-refractivity contribution in [1.82, 2.24) is 14.8 Å². The minimum Gasteiger partial charge on any atom is -0.454 e. The molecule has 1 aliphatic carbocycles. The van der Waals surface area contributed by atoms with Gasteiger partial charge in [0.25, 0.3) is 5.91 Å². The number of aromatic nitrogens is 1. The third-order valence-electron chi connectivity index (χ3n) is 7.72. The first-order chi connectivity index (χ1) is 17.0. The van der Waals surface area contributed by atoms with E-state index in [2.05, 4.69) is 22.9 Å². The van der Waals surface area contributed by atoms with E-state index in [1.54, 1.807) is 16.2 Å². The number of carbonyl (C=O) groups excluding carboxylic acids is 2. The number of carbonyl (C=O) groups is 2. The third kappa shape index (κ3) is 3.78. The minimum atomic E-state index is -1.02. The van der Waals surface area contributed by atoms with Crippen molar-refractivity contribution in [2.45, 2.75) is 77.0 Å². The Morgan fingerprint density at radius 1 is 1.14 bits per heavy atom. The minimum absolute atomic E-state index is 0.0723. The number of ether oxygens (including phenoxy) is 2. The lowest BCUT2D eigenvalue weighted by molar-refractivity contribution is -0.134. The number of hydrogen-bond acceptors (Lipinski definition) is 5. The van der Waals surface area contributed by atoms with E-state index < -0.39 is 5.54 Å². The molecule has 3 aromatic rings. The van der Waals surface area contributed by atoms with Crippen molar-refractivity contribution in [1.29, 1.82) is 0 Å². The van der Waals surface area contributed by atoms with Gasteiger partial charge in [0.15, 0.2) is 11.5 Å². The van der Waals surface area contributed by atoms with Crippen LogP contribution in [0.4, 0.5) is 0 Å². The Balaban J connectivity index is 1.38. The fourth-order valence-electron chi connectivity index (χ4n) is 5.62. The Bertz CT molecular complexity index is 1310. The molecule has 3 aliphatic rings. The average Bonchev–Trinajstić information content (AvgIpc) is 3.57. The Morgan fingerprint density at radius 2 is 1.94 bits per heavy atom. The van der Waals surface area contributed by atoms with E-state index in [0.717, 1.165) is 47.9 Å². The van der Waals surface area contributed by atoms with Gasteiger partial charge in [-0.05, 0) is 56.0 Å². The summed E-state index contributed by atoms with van der Waals surface area (Å²) < 4.78 is 14.2. The summed E-state index contributed by atoms with van der Waals surface area (Å²) in [4.78, 5) is 30.9. The highest BCUT2D eigenvalue weighted by atomic mass is 32.1. The molecular formula is C27H31N3O4S. The first-order valence-corrected chi connectivity index (χ1v) is 13.4. The fraction of sp³-hybridized carbons (Fsp3) is 0.481. The van der Waals surface area contributed by atoms with E-state index in [9.17, 15) is 9.59 Å². The van der Waals surface area contributed by atoms with Gasteiger partial charge < -0.3 is 24.3 Å². The van der Waals surface area contributed by atoms with Crippen molar-refractivity contribution in [3.63, 3.8) is 0 Å². The molecule has 6 rings (SSSR count). The molecule has 0 unspecified atom stereocenters. The predicted octanol–water partition coefficient (Wildman–Crippen LogP) is 4.86. The van der Waals surface area contributed by atoms with E-state index in [1.807, 2.05) is 31.2 Å². The van der Waals surface area contributed by atoms with E-state index in [4.69, 9.17) is 9.47 Å². The molecule has 8 heteroatoms. The van der Waals surface area contributed by atoms with Gasteiger partial charge in [-0.25, -0.2) is 0 Å². The normalized spacial score (nSPS) is 22.0. The molecule has 7 nitrogen and oxygen atoms in total. The molecule has 1 saturated carbocycles. The second kappa shape index (κ2) is 8.59. The van der Waals surface area contributed by atoms with Gasteiger partial charge >= 0.3 is 0 Å². The quantitative estimate of drug-likeness (QED) is 0.551. The maximum atomic E-state index is 14.0. The van der Waals surface area contributed by atoms with E-state index in [0.29, 0.717) is 30.3 Å². The summed E-state index contributed by atoms with van der Waals surface area (Å²) in [6, 6.07) is 10.1. The summed E-state index contributed by atoms with van der Waals surface area (Å²) in [5.41, 5.74) is 1.60. The highest BCUT2D eigenvalue weighted by molar-refractivity contribution is 7.19. The van der Waals surface area contributed by atoms with Crippen LogP contribution in [-0.2, 0) is 24.3 Å². The Hall–Kier alpha value is -3.00. The summed E-state index contributed by atoms with van der Waals surface area (Å²) in [5.74, 6) is 1.20. The first kappa shape index (κ1) is 22.5. The topological polar surface area (TPSA) is 72.8 Å². The molecule has 2 aliphatic heterocycles. The number of nitrogens with one attached hydrogen (secondary N) is 1. The second-order valence-electron chi connectivity index (χ2n) is 10.1. The summed E-state index contributed by atoms with van der Waals surface area (Å²) in [7, 11) is 0. The van der Waals surface area contributed by atoms with E-state index in [-0.39, 0.29) is 24.6 Å². The molecule has 1 fully saturated rings. The summed E-state index contributed by atoms with van der Waals surface area (Å²) in [6.07, 6.45) is 6.46. The van der Waals surface area contributed by atoms with Gasteiger partial charge in [0.1, 0.15) is 11.2 Å². The lowest BCUT2D eigenvalue weighted by Crippen LogP contribution is -2.64. The molecule has 1 aromatic carbocycles. The molecule has 0 saturated heterocycles. The third-order valence-corrected chi connectivity index (χ3v) is 8.94. The van der Waals surface area contributed by atoms with Crippen LogP contribution in [-0.4, -0.2) is 39.7 Å². The number of aryl methyl sites for hydroxylation is 1. The lowest BCUT2D eigenvalue weighted by atomic mass is 9.91. The molecule has 2 aromatic heterocycles. The molecule has 35 heavy (non-hydrogen) atoms. The highest BCUT2D eigenvalue weighted by Gasteiger charge is 2.48. The largest absolute Gasteiger partial charge is 0.454 e. The molecule has 184 valence electrons. The number of fused-ring (bicyclic) bond motifs is 4.